The summed E-state index contributed by atoms with van der Waals surface area (Å²) in [6, 6.07) is 5.33. The monoisotopic (exact) mass is 334 g/mol. The highest BCUT2D eigenvalue weighted by molar-refractivity contribution is 5.91. The molecule has 0 spiro atoms. The minimum Gasteiger partial charge on any atom is -0.452 e. The van der Waals surface area contributed by atoms with Gasteiger partial charge in [0.2, 0.25) is 0 Å². The first kappa shape index (κ1) is 17.9. The largest absolute Gasteiger partial charge is 0.452 e. The molecule has 130 valence electrons. The van der Waals surface area contributed by atoms with E-state index < -0.39 is 10.9 Å². The van der Waals surface area contributed by atoms with Crippen LogP contribution in [0.15, 0.2) is 24.3 Å². The van der Waals surface area contributed by atoms with Crippen LogP contribution in [0.25, 0.3) is 0 Å². The SMILES string of the molecule is C[C@H]1[C@H](C)CCC[C@H]1NC(=O)COC(=O)c1cccc([N+](=O)[O-])c1. The molecule has 1 aromatic rings. The number of rotatable bonds is 5. The number of hydrogen-bond acceptors (Lipinski definition) is 5. The van der Waals surface area contributed by atoms with Gasteiger partial charge in [-0.15, -0.1) is 0 Å². The van der Waals surface area contributed by atoms with E-state index in [0.717, 1.165) is 25.3 Å². The Kier molecular flexibility index (Phi) is 5.89. The average Bonchev–Trinajstić information content (AvgIpc) is 2.57. The molecule has 1 saturated carbocycles. The molecule has 0 saturated heterocycles. The van der Waals surface area contributed by atoms with Crippen LogP contribution in [-0.2, 0) is 9.53 Å². The van der Waals surface area contributed by atoms with Gasteiger partial charge in [0.1, 0.15) is 0 Å². The second-order valence-corrected chi connectivity index (χ2v) is 6.32. The van der Waals surface area contributed by atoms with Gasteiger partial charge in [0.15, 0.2) is 6.61 Å². The Morgan fingerprint density at radius 1 is 1.33 bits per heavy atom. The van der Waals surface area contributed by atoms with Gasteiger partial charge < -0.3 is 10.1 Å². The number of nitro benzene ring substituents is 1. The summed E-state index contributed by atoms with van der Waals surface area (Å²) in [4.78, 5) is 34.0. The first-order valence-corrected chi connectivity index (χ1v) is 8.09. The molecule has 1 amide bonds. The molecule has 0 bridgehead atoms. The summed E-state index contributed by atoms with van der Waals surface area (Å²) in [5, 5.41) is 13.6. The second kappa shape index (κ2) is 7.90. The van der Waals surface area contributed by atoms with Gasteiger partial charge >= 0.3 is 5.97 Å². The van der Waals surface area contributed by atoms with Gasteiger partial charge in [-0.3, -0.25) is 14.9 Å². The third-order valence-corrected chi connectivity index (χ3v) is 4.68. The van der Waals surface area contributed by atoms with Crippen LogP contribution in [0.2, 0.25) is 0 Å². The van der Waals surface area contributed by atoms with Gasteiger partial charge in [0.25, 0.3) is 11.6 Å². The normalized spacial score (nSPS) is 23.3. The molecule has 0 aromatic heterocycles. The molecule has 1 N–H and O–H groups in total. The van der Waals surface area contributed by atoms with Crippen LogP contribution >= 0.6 is 0 Å². The summed E-state index contributed by atoms with van der Waals surface area (Å²) >= 11 is 0. The van der Waals surface area contributed by atoms with Crippen molar-refractivity contribution >= 4 is 17.6 Å². The Balaban J connectivity index is 1.86. The van der Waals surface area contributed by atoms with Crippen molar-refractivity contribution in [2.75, 3.05) is 6.61 Å². The number of carbonyl (C=O) groups excluding carboxylic acids is 2. The molecular formula is C17H22N2O5. The minimum absolute atomic E-state index is 0.0525. The fraction of sp³-hybridized carbons (Fsp3) is 0.529. The summed E-state index contributed by atoms with van der Waals surface area (Å²) in [7, 11) is 0. The molecule has 7 heteroatoms. The first-order valence-electron chi connectivity index (χ1n) is 8.09. The number of nitrogens with one attached hydrogen (secondary N) is 1. The van der Waals surface area contributed by atoms with Crippen molar-refractivity contribution in [2.45, 2.75) is 39.2 Å². The van der Waals surface area contributed by atoms with E-state index in [1.807, 2.05) is 0 Å². The predicted molar refractivity (Wildman–Crippen MR) is 87.5 cm³/mol. The molecule has 7 nitrogen and oxygen atoms in total. The Morgan fingerprint density at radius 3 is 2.79 bits per heavy atom. The number of non-ortho nitro benzene ring substituents is 1. The maximum Gasteiger partial charge on any atom is 0.338 e. The third-order valence-electron chi connectivity index (χ3n) is 4.68. The zero-order chi connectivity index (χ0) is 17.7. The molecule has 1 aliphatic rings. The van der Waals surface area contributed by atoms with Gasteiger partial charge in [-0.25, -0.2) is 4.79 Å². The number of carbonyl (C=O) groups is 2. The molecule has 0 radical (unpaired) electrons. The zero-order valence-electron chi connectivity index (χ0n) is 13.9. The lowest BCUT2D eigenvalue weighted by Crippen LogP contribution is -2.45. The van der Waals surface area contributed by atoms with Gasteiger partial charge in [-0.05, 0) is 24.3 Å². The quantitative estimate of drug-likeness (QED) is 0.507. The number of hydrogen-bond donors (Lipinski definition) is 1. The summed E-state index contributed by atoms with van der Waals surface area (Å²) in [5.41, 5.74) is -0.143. The second-order valence-electron chi connectivity index (χ2n) is 6.32. The summed E-state index contributed by atoms with van der Waals surface area (Å²) in [6.45, 7) is 3.90. The topological polar surface area (TPSA) is 98.5 Å². The van der Waals surface area contributed by atoms with Gasteiger partial charge in [0, 0.05) is 18.2 Å². The van der Waals surface area contributed by atoms with Crippen LogP contribution in [0.4, 0.5) is 5.69 Å². The van der Waals surface area contributed by atoms with E-state index in [2.05, 4.69) is 19.2 Å². The zero-order valence-corrected chi connectivity index (χ0v) is 13.9. The molecule has 2 rings (SSSR count). The summed E-state index contributed by atoms with van der Waals surface area (Å²) < 4.78 is 4.95. The van der Waals surface area contributed by atoms with Crippen LogP contribution in [0, 0.1) is 22.0 Å². The molecule has 24 heavy (non-hydrogen) atoms. The number of ether oxygens (including phenoxy) is 1. The number of esters is 1. The number of nitro groups is 1. The smallest absolute Gasteiger partial charge is 0.338 e. The average molecular weight is 334 g/mol. The molecular weight excluding hydrogens is 312 g/mol. The van der Waals surface area contributed by atoms with Crippen molar-refractivity contribution in [2.24, 2.45) is 11.8 Å². The lowest BCUT2D eigenvalue weighted by atomic mass is 9.78. The maximum atomic E-state index is 12.0. The number of amides is 1. The first-order chi connectivity index (χ1) is 11.4. The standard InChI is InChI=1S/C17H22N2O5/c1-11-5-3-8-15(12(11)2)18-16(20)10-24-17(21)13-6-4-7-14(9-13)19(22)23/h4,6-7,9,11-12,15H,3,5,8,10H2,1-2H3,(H,18,20)/t11-,12+,15-/m1/s1. The van der Waals surface area contributed by atoms with E-state index in [-0.39, 0.29) is 29.8 Å². The van der Waals surface area contributed by atoms with Crippen molar-refractivity contribution in [1.82, 2.24) is 5.32 Å². The molecule has 3 atom stereocenters. The molecule has 1 aromatic carbocycles. The van der Waals surface area contributed by atoms with Gasteiger partial charge in [-0.2, -0.15) is 0 Å². The molecule has 1 fully saturated rings. The fourth-order valence-corrected chi connectivity index (χ4v) is 3.00. The van der Waals surface area contributed by atoms with E-state index in [1.54, 1.807) is 0 Å². The number of benzene rings is 1. The summed E-state index contributed by atoms with van der Waals surface area (Å²) in [5.74, 6) is -0.162. The van der Waals surface area contributed by atoms with E-state index >= 15 is 0 Å². The van der Waals surface area contributed by atoms with E-state index in [0.29, 0.717) is 11.8 Å². The highest BCUT2D eigenvalue weighted by Gasteiger charge is 2.28. The van der Waals surface area contributed by atoms with Crippen molar-refractivity contribution in [1.29, 1.82) is 0 Å². The van der Waals surface area contributed by atoms with Crippen LogP contribution in [0.5, 0.6) is 0 Å². The van der Waals surface area contributed by atoms with Crippen molar-refractivity contribution in [3.05, 3.63) is 39.9 Å². The highest BCUT2D eigenvalue weighted by atomic mass is 16.6. The maximum absolute atomic E-state index is 12.0. The van der Waals surface area contributed by atoms with Gasteiger partial charge in [0.05, 0.1) is 10.5 Å². The highest BCUT2D eigenvalue weighted by Crippen LogP contribution is 2.29. The Labute approximate surface area is 140 Å². The molecule has 1 aliphatic carbocycles. The van der Waals surface area contributed by atoms with Crippen molar-refractivity contribution in [3.8, 4) is 0 Å². The Bertz CT molecular complexity index is 631. The van der Waals surface area contributed by atoms with E-state index in [9.17, 15) is 19.7 Å². The lowest BCUT2D eigenvalue weighted by molar-refractivity contribution is -0.384. The predicted octanol–water partition coefficient (Wildman–Crippen LogP) is 2.69. The minimum atomic E-state index is -0.751. The van der Waals surface area contributed by atoms with Crippen LogP contribution in [0.3, 0.4) is 0 Å². The van der Waals surface area contributed by atoms with Crippen LogP contribution in [-0.4, -0.2) is 29.4 Å². The summed E-state index contributed by atoms with van der Waals surface area (Å²) in [6.07, 6.45) is 3.16. The van der Waals surface area contributed by atoms with E-state index in [1.165, 1.54) is 18.2 Å². The Hall–Kier alpha value is -2.44. The van der Waals surface area contributed by atoms with Crippen molar-refractivity contribution < 1.29 is 19.2 Å². The lowest BCUT2D eigenvalue weighted by Gasteiger charge is -2.34. The van der Waals surface area contributed by atoms with E-state index in [4.69, 9.17) is 4.74 Å². The molecule has 0 aliphatic heterocycles. The fourth-order valence-electron chi connectivity index (χ4n) is 3.00. The van der Waals surface area contributed by atoms with Crippen molar-refractivity contribution in [3.63, 3.8) is 0 Å². The Morgan fingerprint density at radius 2 is 2.08 bits per heavy atom. The van der Waals surface area contributed by atoms with Gasteiger partial charge in [-0.1, -0.05) is 32.8 Å². The third kappa shape index (κ3) is 4.53. The number of nitrogens with zero attached hydrogens (tertiary/aromatic N) is 1. The van der Waals surface area contributed by atoms with Crippen LogP contribution in [0.1, 0.15) is 43.5 Å². The molecule has 0 unspecified atom stereocenters. The van der Waals surface area contributed by atoms with Crippen LogP contribution < -0.4 is 5.32 Å². The molecule has 0 heterocycles.